The zero-order chi connectivity index (χ0) is 22.7. The number of hydrogen-bond donors (Lipinski definition) is 0. The van der Waals surface area contributed by atoms with Crippen molar-refractivity contribution in [1.82, 2.24) is 4.90 Å². The van der Waals surface area contributed by atoms with Gasteiger partial charge in [0, 0.05) is 12.1 Å². The molecule has 1 amide bonds. The third-order valence-corrected chi connectivity index (χ3v) is 5.78. The van der Waals surface area contributed by atoms with Gasteiger partial charge >= 0.3 is 0 Å². The molecule has 0 aromatic heterocycles. The van der Waals surface area contributed by atoms with Crippen LogP contribution in [0.1, 0.15) is 11.1 Å². The molecule has 1 aliphatic rings. The largest absolute Gasteiger partial charge is 0.493 e. The second-order valence-electron chi connectivity index (χ2n) is 7.17. The van der Waals surface area contributed by atoms with E-state index in [2.05, 4.69) is 0 Å². The summed E-state index contributed by atoms with van der Waals surface area (Å²) < 4.78 is 11.4. The van der Waals surface area contributed by atoms with Gasteiger partial charge in [0.2, 0.25) is 0 Å². The molecule has 1 heterocycles. The van der Waals surface area contributed by atoms with Crippen molar-refractivity contribution in [2.45, 2.75) is 6.61 Å². The summed E-state index contributed by atoms with van der Waals surface area (Å²) in [6.07, 6.45) is 1.79. The molecule has 0 N–H and O–H groups in total. The number of anilines is 1. The fourth-order valence-corrected chi connectivity index (χ4v) is 3.77. The highest BCUT2D eigenvalue weighted by molar-refractivity contribution is 7.80. The molecule has 0 unspecified atom stereocenters. The number of methoxy groups -OCH3 is 1. The van der Waals surface area contributed by atoms with Gasteiger partial charge in [-0.2, -0.15) is 0 Å². The van der Waals surface area contributed by atoms with Crippen LogP contribution in [0.25, 0.3) is 6.08 Å². The predicted molar refractivity (Wildman–Crippen MR) is 131 cm³/mol. The van der Waals surface area contributed by atoms with E-state index in [1.54, 1.807) is 25.1 Å². The molecule has 1 saturated heterocycles. The number of carbonyl (C=O) groups is 1. The van der Waals surface area contributed by atoms with Gasteiger partial charge in [-0.1, -0.05) is 48.0 Å². The molecule has 0 aliphatic carbocycles. The maximum atomic E-state index is 13.1. The number of amides is 1. The van der Waals surface area contributed by atoms with Gasteiger partial charge in [-0.25, -0.2) is 0 Å². The molecular weight excluding hydrogens is 444 g/mol. The molecule has 32 heavy (non-hydrogen) atoms. The summed E-state index contributed by atoms with van der Waals surface area (Å²) in [5, 5.41) is 1.11. The van der Waals surface area contributed by atoms with Gasteiger partial charge in [0.05, 0.1) is 12.8 Å². The lowest BCUT2D eigenvalue weighted by Crippen LogP contribution is -2.30. The summed E-state index contributed by atoms with van der Waals surface area (Å²) in [6.45, 7) is 0.384. The van der Waals surface area contributed by atoms with Crippen LogP contribution in [0, 0.1) is 0 Å². The number of rotatable bonds is 6. The highest BCUT2D eigenvalue weighted by atomic mass is 35.5. The molecule has 4 rings (SSSR count). The molecule has 5 nitrogen and oxygen atoms in total. The van der Waals surface area contributed by atoms with Crippen molar-refractivity contribution in [1.29, 1.82) is 0 Å². The molecule has 3 aromatic carbocycles. The van der Waals surface area contributed by atoms with E-state index in [0.717, 1.165) is 16.8 Å². The number of benzene rings is 3. The molecule has 0 spiro atoms. The number of hydrogen-bond acceptors (Lipinski definition) is 4. The Morgan fingerprint density at radius 3 is 2.41 bits per heavy atom. The average Bonchev–Trinajstić information content (AvgIpc) is 3.02. The number of halogens is 1. The lowest BCUT2D eigenvalue weighted by molar-refractivity contribution is -0.114. The van der Waals surface area contributed by atoms with E-state index >= 15 is 0 Å². The first-order chi connectivity index (χ1) is 15.5. The van der Waals surface area contributed by atoms with Crippen LogP contribution in [0.4, 0.5) is 5.69 Å². The van der Waals surface area contributed by atoms with E-state index in [9.17, 15) is 4.79 Å². The first-order valence-corrected chi connectivity index (χ1v) is 10.7. The summed E-state index contributed by atoms with van der Waals surface area (Å²) in [4.78, 5) is 16.3. The predicted octanol–water partition coefficient (Wildman–Crippen LogP) is 5.53. The van der Waals surface area contributed by atoms with E-state index < -0.39 is 0 Å². The zero-order valence-corrected chi connectivity index (χ0v) is 19.2. The maximum absolute atomic E-state index is 13.1. The van der Waals surface area contributed by atoms with Crippen molar-refractivity contribution in [3.8, 4) is 11.5 Å². The molecule has 162 valence electrons. The van der Waals surface area contributed by atoms with Crippen LogP contribution in [0.3, 0.4) is 0 Å². The fraction of sp³-hybridized carbons (Fsp3) is 0.120. The Kier molecular flexibility index (Phi) is 6.44. The van der Waals surface area contributed by atoms with Gasteiger partial charge < -0.3 is 14.4 Å². The van der Waals surface area contributed by atoms with Crippen molar-refractivity contribution < 1.29 is 14.3 Å². The minimum atomic E-state index is -0.175. The lowest BCUT2D eigenvalue weighted by atomic mass is 10.1. The number of para-hydroxylation sites is 1. The Labute approximate surface area is 197 Å². The number of carbonyl (C=O) groups excluding carboxylic acids is 1. The van der Waals surface area contributed by atoms with Crippen LogP contribution >= 0.6 is 23.8 Å². The number of thiocarbonyl (C=S) groups is 1. The smallest absolute Gasteiger partial charge is 0.281 e. The molecule has 0 saturated carbocycles. The summed E-state index contributed by atoms with van der Waals surface area (Å²) in [5.74, 6) is 1.01. The third-order valence-electron chi connectivity index (χ3n) is 5.07. The van der Waals surface area contributed by atoms with Gasteiger partial charge in [0.15, 0.2) is 16.6 Å². The van der Waals surface area contributed by atoms with E-state index in [1.165, 1.54) is 4.90 Å². The molecule has 7 heteroatoms. The third kappa shape index (κ3) is 4.47. The Hall–Kier alpha value is -3.35. The Morgan fingerprint density at radius 2 is 1.72 bits per heavy atom. The van der Waals surface area contributed by atoms with Crippen molar-refractivity contribution in [3.63, 3.8) is 0 Å². The number of likely N-dealkylation sites (N-methyl/N-ethyl adjacent to an activating group) is 1. The van der Waals surface area contributed by atoms with Crippen LogP contribution in [-0.4, -0.2) is 30.1 Å². The zero-order valence-electron chi connectivity index (χ0n) is 17.6. The normalized spacial score (nSPS) is 14.9. The van der Waals surface area contributed by atoms with Crippen LogP contribution in [0.5, 0.6) is 11.5 Å². The van der Waals surface area contributed by atoms with Crippen LogP contribution < -0.4 is 14.4 Å². The van der Waals surface area contributed by atoms with E-state index in [4.69, 9.17) is 33.3 Å². The monoisotopic (exact) mass is 464 g/mol. The summed E-state index contributed by atoms with van der Waals surface area (Å²) in [7, 11) is 3.37. The van der Waals surface area contributed by atoms with Gasteiger partial charge in [0.1, 0.15) is 12.3 Å². The second-order valence-corrected chi connectivity index (χ2v) is 7.97. The van der Waals surface area contributed by atoms with Crippen molar-refractivity contribution in [2.75, 3.05) is 19.1 Å². The highest BCUT2D eigenvalue weighted by Gasteiger charge is 2.36. The summed E-state index contributed by atoms with van der Waals surface area (Å²) in [6, 6.07) is 22.4. The minimum absolute atomic E-state index is 0.175. The van der Waals surface area contributed by atoms with Crippen LogP contribution in [0.15, 0.2) is 78.5 Å². The van der Waals surface area contributed by atoms with E-state index in [1.807, 2.05) is 72.8 Å². The topological polar surface area (TPSA) is 42.0 Å². The van der Waals surface area contributed by atoms with Crippen LogP contribution in [0.2, 0.25) is 5.02 Å². The van der Waals surface area contributed by atoms with Crippen LogP contribution in [-0.2, 0) is 11.4 Å². The Balaban J connectivity index is 1.56. The summed E-state index contributed by atoms with van der Waals surface area (Å²) >= 11 is 11.4. The van der Waals surface area contributed by atoms with Crippen molar-refractivity contribution in [2.24, 2.45) is 0 Å². The van der Waals surface area contributed by atoms with Gasteiger partial charge in [-0.05, 0) is 65.8 Å². The van der Waals surface area contributed by atoms with Gasteiger partial charge in [0.25, 0.3) is 5.91 Å². The van der Waals surface area contributed by atoms with E-state index in [0.29, 0.717) is 33.9 Å². The molecule has 0 radical (unpaired) electrons. The van der Waals surface area contributed by atoms with E-state index in [-0.39, 0.29) is 5.91 Å². The number of nitrogens with zero attached hydrogens (tertiary/aromatic N) is 2. The fourth-order valence-electron chi connectivity index (χ4n) is 3.35. The molecule has 1 fully saturated rings. The quantitative estimate of drug-likeness (QED) is 0.354. The minimum Gasteiger partial charge on any atom is -0.493 e. The maximum Gasteiger partial charge on any atom is 0.281 e. The van der Waals surface area contributed by atoms with Gasteiger partial charge in [-0.15, -0.1) is 0 Å². The SMILES string of the molecule is COc1cc(/C=C2/C(=O)N(c3ccccc3)C(=S)N2C)ccc1OCc1ccc(Cl)cc1. The van der Waals surface area contributed by atoms with Crippen molar-refractivity contribution >= 4 is 46.6 Å². The first kappa shape index (κ1) is 21.9. The molecule has 0 bridgehead atoms. The second kappa shape index (κ2) is 9.42. The molecular formula is C25H21ClN2O3S. The summed E-state index contributed by atoms with van der Waals surface area (Å²) in [5.41, 5.74) is 3.01. The standard InChI is InChI=1S/C25H21ClN2O3S/c1-27-21(24(29)28(25(27)32)20-6-4-3-5-7-20)14-18-10-13-22(23(15-18)30-2)31-16-17-8-11-19(26)12-9-17/h3-15H,16H2,1-2H3/b21-14-. The average molecular weight is 465 g/mol. The molecule has 0 atom stereocenters. The molecule has 3 aromatic rings. The van der Waals surface area contributed by atoms with Crippen molar-refractivity contribution in [3.05, 3.63) is 94.6 Å². The van der Waals surface area contributed by atoms with Gasteiger partial charge in [-0.3, -0.25) is 9.69 Å². The first-order valence-electron chi connectivity index (χ1n) is 9.92. The molecule has 1 aliphatic heterocycles. The number of ether oxygens (including phenoxy) is 2. The Morgan fingerprint density at radius 1 is 1.00 bits per heavy atom. The highest BCUT2D eigenvalue weighted by Crippen LogP contribution is 2.32. The lowest BCUT2D eigenvalue weighted by Gasteiger charge is -2.16. The Bertz CT molecular complexity index is 1180.